The average molecular weight is 397 g/mol. The van der Waals surface area contributed by atoms with Crippen LogP contribution >= 0.6 is 11.3 Å². The summed E-state index contributed by atoms with van der Waals surface area (Å²) in [6, 6.07) is 6.82. The smallest absolute Gasteiger partial charge is 0.411 e. The van der Waals surface area contributed by atoms with Gasteiger partial charge in [-0.05, 0) is 66.9 Å². The molecule has 0 saturated carbocycles. The van der Waals surface area contributed by atoms with Gasteiger partial charge in [0.25, 0.3) is 0 Å². The predicted molar refractivity (Wildman–Crippen MR) is 118 cm³/mol. The maximum Gasteiger partial charge on any atom is 0.411 e. The molecule has 2 aromatic rings. The highest BCUT2D eigenvalue weighted by molar-refractivity contribution is 7.17. The molecule has 3 heterocycles. The van der Waals surface area contributed by atoms with Gasteiger partial charge in [0.2, 0.25) is 0 Å². The number of thiophene rings is 1. The van der Waals surface area contributed by atoms with Crippen molar-refractivity contribution in [2.75, 3.05) is 25.0 Å². The number of fused-ring (bicyclic) bond motifs is 2. The number of carbonyl (C=O) groups is 1. The van der Waals surface area contributed by atoms with Crippen molar-refractivity contribution < 1.29 is 9.53 Å². The van der Waals surface area contributed by atoms with Gasteiger partial charge >= 0.3 is 6.09 Å². The number of ether oxygens (including phenoxy) is 1. The SMILES string of the molecule is CCCC=CCOC(=O)Nc1ccc2scc(C3=CCN4CCCC4C3)c2c1. The van der Waals surface area contributed by atoms with E-state index in [9.17, 15) is 4.79 Å². The van der Waals surface area contributed by atoms with Crippen LogP contribution in [0, 0.1) is 0 Å². The van der Waals surface area contributed by atoms with E-state index in [2.05, 4.69) is 40.7 Å². The minimum absolute atomic E-state index is 0.308. The molecule has 0 spiro atoms. The van der Waals surface area contributed by atoms with Crippen molar-refractivity contribution in [3.05, 3.63) is 47.4 Å². The number of amides is 1. The Hall–Kier alpha value is -2.11. The molecule has 0 radical (unpaired) electrons. The van der Waals surface area contributed by atoms with Crippen molar-refractivity contribution in [1.82, 2.24) is 4.90 Å². The highest BCUT2D eigenvalue weighted by atomic mass is 32.1. The van der Waals surface area contributed by atoms with Gasteiger partial charge in [0.15, 0.2) is 0 Å². The fourth-order valence-electron chi connectivity index (χ4n) is 4.14. The Labute approximate surface area is 170 Å². The molecule has 2 aliphatic rings. The fraction of sp³-hybridized carbons (Fsp3) is 0.435. The van der Waals surface area contributed by atoms with Gasteiger partial charge in [-0.1, -0.05) is 31.6 Å². The van der Waals surface area contributed by atoms with Gasteiger partial charge in [-0.2, -0.15) is 0 Å². The minimum Gasteiger partial charge on any atom is -0.445 e. The number of unbranched alkanes of at least 4 members (excludes halogenated alkanes) is 1. The van der Waals surface area contributed by atoms with Crippen LogP contribution in [0.3, 0.4) is 0 Å². The molecule has 1 N–H and O–H groups in total. The quantitative estimate of drug-likeness (QED) is 0.604. The summed E-state index contributed by atoms with van der Waals surface area (Å²) < 4.78 is 6.48. The van der Waals surface area contributed by atoms with Crippen LogP contribution in [-0.2, 0) is 4.74 Å². The molecule has 4 rings (SSSR count). The number of nitrogens with one attached hydrogen (secondary N) is 1. The molecule has 2 aliphatic heterocycles. The van der Waals surface area contributed by atoms with E-state index in [1.165, 1.54) is 40.6 Å². The molecule has 4 nitrogen and oxygen atoms in total. The average Bonchev–Trinajstić information content (AvgIpc) is 3.33. The van der Waals surface area contributed by atoms with Gasteiger partial charge in [-0.3, -0.25) is 10.2 Å². The standard InChI is InChI=1S/C23H28N2O2S/c1-2-3-4-5-13-27-23(26)24-18-8-9-22-20(15-18)21(16-28-22)17-10-12-25-11-6-7-19(25)14-17/h4-5,8-10,15-16,19H,2-3,6-7,11-14H2,1H3,(H,24,26). The summed E-state index contributed by atoms with van der Waals surface area (Å²) in [5.74, 6) is 0. The van der Waals surface area contributed by atoms with Crippen molar-refractivity contribution >= 4 is 38.8 Å². The lowest BCUT2D eigenvalue weighted by Gasteiger charge is -2.29. The third-order valence-electron chi connectivity index (χ3n) is 5.63. The number of allylic oxidation sites excluding steroid dienone is 1. The lowest BCUT2D eigenvalue weighted by Crippen LogP contribution is -2.32. The molecule has 0 bridgehead atoms. The highest BCUT2D eigenvalue weighted by Crippen LogP contribution is 2.38. The number of hydrogen-bond donors (Lipinski definition) is 1. The number of nitrogens with zero attached hydrogens (tertiary/aromatic N) is 1. The lowest BCUT2D eigenvalue weighted by atomic mass is 9.94. The summed E-state index contributed by atoms with van der Waals surface area (Å²) in [4.78, 5) is 14.6. The lowest BCUT2D eigenvalue weighted by molar-refractivity contribution is 0.174. The van der Waals surface area contributed by atoms with E-state index in [1.54, 1.807) is 11.3 Å². The monoisotopic (exact) mass is 396 g/mol. The van der Waals surface area contributed by atoms with Gasteiger partial charge in [0, 0.05) is 28.4 Å². The summed E-state index contributed by atoms with van der Waals surface area (Å²) in [6.07, 6.45) is 11.8. The Morgan fingerprint density at radius 2 is 2.32 bits per heavy atom. The topological polar surface area (TPSA) is 41.6 Å². The van der Waals surface area contributed by atoms with Gasteiger partial charge < -0.3 is 4.74 Å². The molecule has 148 valence electrons. The van der Waals surface area contributed by atoms with Gasteiger partial charge in [0.1, 0.15) is 6.61 Å². The number of anilines is 1. The van der Waals surface area contributed by atoms with E-state index in [0.29, 0.717) is 12.6 Å². The number of carbonyl (C=O) groups excluding carboxylic acids is 1. The zero-order chi connectivity index (χ0) is 19.3. The molecule has 5 heteroatoms. The summed E-state index contributed by atoms with van der Waals surface area (Å²) in [6.45, 7) is 4.73. The van der Waals surface area contributed by atoms with Gasteiger partial charge in [0.05, 0.1) is 0 Å². The summed E-state index contributed by atoms with van der Waals surface area (Å²) >= 11 is 1.77. The predicted octanol–water partition coefficient (Wildman–Crippen LogP) is 6.06. The summed E-state index contributed by atoms with van der Waals surface area (Å²) in [7, 11) is 0. The van der Waals surface area contributed by atoms with Crippen LogP contribution in [0.4, 0.5) is 10.5 Å². The van der Waals surface area contributed by atoms with Crippen molar-refractivity contribution in [2.45, 2.75) is 45.1 Å². The first-order chi connectivity index (χ1) is 13.7. The first kappa shape index (κ1) is 19.2. The second kappa shape index (κ2) is 8.93. The normalized spacial score (nSPS) is 19.8. The van der Waals surface area contributed by atoms with Gasteiger partial charge in [-0.25, -0.2) is 4.79 Å². The van der Waals surface area contributed by atoms with E-state index >= 15 is 0 Å². The van der Waals surface area contributed by atoms with Crippen LogP contribution in [0.15, 0.2) is 41.8 Å². The van der Waals surface area contributed by atoms with Gasteiger partial charge in [-0.15, -0.1) is 11.3 Å². The molecule has 28 heavy (non-hydrogen) atoms. The number of benzene rings is 1. The summed E-state index contributed by atoms with van der Waals surface area (Å²) in [5, 5.41) is 6.35. The molecule has 1 amide bonds. The van der Waals surface area contributed by atoms with Crippen molar-refractivity contribution in [3.63, 3.8) is 0 Å². The Bertz CT molecular complexity index is 899. The molecule has 1 aromatic heterocycles. The maximum atomic E-state index is 12.0. The third-order valence-corrected chi connectivity index (χ3v) is 6.59. The van der Waals surface area contributed by atoms with Crippen molar-refractivity contribution in [3.8, 4) is 0 Å². The maximum absolute atomic E-state index is 12.0. The first-order valence-corrected chi connectivity index (χ1v) is 11.2. The Morgan fingerprint density at radius 3 is 3.21 bits per heavy atom. The van der Waals surface area contributed by atoms with Crippen molar-refractivity contribution in [1.29, 1.82) is 0 Å². The van der Waals surface area contributed by atoms with E-state index in [-0.39, 0.29) is 0 Å². The van der Waals surface area contributed by atoms with E-state index < -0.39 is 6.09 Å². The Balaban J connectivity index is 1.45. The largest absolute Gasteiger partial charge is 0.445 e. The zero-order valence-electron chi connectivity index (χ0n) is 16.4. The van der Waals surface area contributed by atoms with Crippen LogP contribution in [-0.4, -0.2) is 36.7 Å². The second-order valence-electron chi connectivity index (χ2n) is 7.57. The van der Waals surface area contributed by atoms with E-state index in [0.717, 1.165) is 31.5 Å². The summed E-state index contributed by atoms with van der Waals surface area (Å²) in [5.41, 5.74) is 3.56. The fourth-order valence-corrected chi connectivity index (χ4v) is 5.10. The molecular formula is C23H28N2O2S. The van der Waals surface area contributed by atoms with Crippen molar-refractivity contribution in [2.24, 2.45) is 0 Å². The third kappa shape index (κ3) is 4.31. The molecule has 1 aromatic carbocycles. The molecule has 1 saturated heterocycles. The molecule has 0 aliphatic carbocycles. The highest BCUT2D eigenvalue weighted by Gasteiger charge is 2.28. The minimum atomic E-state index is -0.407. The molecule has 1 fully saturated rings. The van der Waals surface area contributed by atoms with Crippen LogP contribution in [0.1, 0.15) is 44.6 Å². The van der Waals surface area contributed by atoms with E-state index in [1.807, 2.05) is 18.2 Å². The second-order valence-corrected chi connectivity index (χ2v) is 8.48. The number of hydrogen-bond acceptors (Lipinski definition) is 4. The van der Waals surface area contributed by atoms with Crippen LogP contribution < -0.4 is 5.32 Å². The molecule has 1 atom stereocenters. The number of rotatable bonds is 6. The van der Waals surface area contributed by atoms with E-state index in [4.69, 9.17) is 4.74 Å². The molecule has 1 unspecified atom stereocenters. The first-order valence-electron chi connectivity index (χ1n) is 10.3. The van der Waals surface area contributed by atoms with Crippen LogP contribution in [0.2, 0.25) is 0 Å². The Kier molecular flexibility index (Phi) is 6.13. The van der Waals surface area contributed by atoms with Crippen LogP contribution in [0.5, 0.6) is 0 Å². The van der Waals surface area contributed by atoms with Crippen LogP contribution in [0.25, 0.3) is 15.7 Å². The molecular weight excluding hydrogens is 368 g/mol. The zero-order valence-corrected chi connectivity index (χ0v) is 17.3. The Morgan fingerprint density at radius 1 is 1.39 bits per heavy atom.